The second-order valence-electron chi connectivity index (χ2n) is 8.08. The minimum absolute atomic E-state index is 0.0378. The third kappa shape index (κ3) is 3.76. The van der Waals surface area contributed by atoms with Gasteiger partial charge in [-0.05, 0) is 24.3 Å². The molecule has 0 amide bonds. The molecule has 1 saturated heterocycles. The van der Waals surface area contributed by atoms with Gasteiger partial charge in [-0.2, -0.15) is 0 Å². The third-order valence-electron chi connectivity index (χ3n) is 4.90. The summed E-state index contributed by atoms with van der Waals surface area (Å²) in [6, 6.07) is 10.9. The molecule has 1 N–H and O–H groups in total. The number of imidazole rings is 1. The zero-order valence-electron chi connectivity index (χ0n) is 15.6. The minimum atomic E-state index is 0.0378. The fourth-order valence-corrected chi connectivity index (χ4v) is 4.17. The smallest absolute Gasteiger partial charge is 0.214 e. The summed E-state index contributed by atoms with van der Waals surface area (Å²) in [5.41, 5.74) is 2.41. The van der Waals surface area contributed by atoms with Crippen LogP contribution in [0.2, 0.25) is 0 Å². The Bertz CT molecular complexity index is 827. The van der Waals surface area contributed by atoms with Crippen LogP contribution in [0, 0.1) is 5.92 Å². The van der Waals surface area contributed by atoms with Gasteiger partial charge in [-0.15, -0.1) is 5.10 Å². The molecule has 3 aromatic rings. The highest BCUT2D eigenvalue weighted by molar-refractivity contribution is 7.20. The van der Waals surface area contributed by atoms with E-state index in [-0.39, 0.29) is 11.5 Å². The number of nitrogens with zero attached hydrogens (tertiary/aromatic N) is 3. The molecule has 2 atom stereocenters. The summed E-state index contributed by atoms with van der Waals surface area (Å²) in [4.78, 5) is 5.69. The molecule has 0 aliphatic carbocycles. The molecule has 0 spiro atoms. The van der Waals surface area contributed by atoms with Crippen LogP contribution in [0.4, 0.5) is 5.13 Å². The maximum Gasteiger partial charge on any atom is 0.214 e. The Balaban J connectivity index is 1.56. The zero-order chi connectivity index (χ0) is 18.1. The molecule has 2 aromatic heterocycles. The molecule has 5 nitrogen and oxygen atoms in total. The molecule has 0 radical (unpaired) electrons. The highest BCUT2D eigenvalue weighted by atomic mass is 32.1. The lowest BCUT2D eigenvalue weighted by atomic mass is 9.93. The quantitative estimate of drug-likeness (QED) is 0.709. The van der Waals surface area contributed by atoms with Gasteiger partial charge in [-0.25, -0.2) is 9.50 Å². The van der Waals surface area contributed by atoms with Crippen molar-refractivity contribution in [2.75, 3.05) is 18.5 Å². The van der Waals surface area contributed by atoms with Gasteiger partial charge in [0.05, 0.1) is 17.9 Å². The first-order valence-corrected chi connectivity index (χ1v) is 10.1. The van der Waals surface area contributed by atoms with E-state index in [0.29, 0.717) is 5.92 Å². The van der Waals surface area contributed by atoms with Crippen LogP contribution in [-0.4, -0.2) is 27.8 Å². The maximum atomic E-state index is 5.57. The number of ether oxygens (including phenoxy) is 1. The molecule has 0 bridgehead atoms. The second-order valence-corrected chi connectivity index (χ2v) is 9.04. The van der Waals surface area contributed by atoms with Crippen molar-refractivity contribution in [3.05, 3.63) is 47.8 Å². The average molecular weight is 371 g/mol. The van der Waals surface area contributed by atoms with Crippen LogP contribution >= 0.6 is 11.3 Å². The summed E-state index contributed by atoms with van der Waals surface area (Å²) < 4.78 is 7.47. The van der Waals surface area contributed by atoms with Gasteiger partial charge in [0, 0.05) is 18.6 Å². The van der Waals surface area contributed by atoms with Gasteiger partial charge < -0.3 is 10.1 Å². The Morgan fingerprint density at radius 2 is 2.12 bits per heavy atom. The number of aromatic nitrogens is 3. The monoisotopic (exact) mass is 370 g/mol. The average Bonchev–Trinajstić information content (AvgIpc) is 3.30. The largest absolute Gasteiger partial charge is 0.381 e. The summed E-state index contributed by atoms with van der Waals surface area (Å²) in [7, 11) is 0. The fraction of sp³-hybridized carbons (Fsp3) is 0.500. The summed E-state index contributed by atoms with van der Waals surface area (Å²) in [6.07, 6.45) is 4.24. The van der Waals surface area contributed by atoms with Crippen molar-refractivity contribution < 1.29 is 4.74 Å². The van der Waals surface area contributed by atoms with Crippen LogP contribution in [0.1, 0.15) is 50.9 Å². The number of hydrogen-bond acceptors (Lipinski definition) is 5. The van der Waals surface area contributed by atoms with Gasteiger partial charge in [0.15, 0.2) is 0 Å². The summed E-state index contributed by atoms with van der Waals surface area (Å²) in [5.74, 6) is 0.601. The molecule has 1 aromatic carbocycles. The van der Waals surface area contributed by atoms with Crippen molar-refractivity contribution in [1.82, 2.24) is 14.6 Å². The normalized spacial score (nSPS) is 19.1. The van der Waals surface area contributed by atoms with Crippen LogP contribution in [0.25, 0.3) is 4.96 Å². The van der Waals surface area contributed by atoms with Crippen molar-refractivity contribution in [2.24, 2.45) is 5.92 Å². The van der Waals surface area contributed by atoms with Crippen molar-refractivity contribution in [3.63, 3.8) is 0 Å². The van der Waals surface area contributed by atoms with Crippen LogP contribution < -0.4 is 5.32 Å². The number of anilines is 1. The first kappa shape index (κ1) is 17.5. The SMILES string of the molecule is CC(C)(C)c1cn2nc(NC(CC3CCOC3)c3ccccc3)sc2n1. The molecule has 6 heteroatoms. The number of hydrogen-bond donors (Lipinski definition) is 1. The lowest BCUT2D eigenvalue weighted by Crippen LogP contribution is -2.16. The van der Waals surface area contributed by atoms with Gasteiger partial charge in [0.1, 0.15) is 0 Å². The lowest BCUT2D eigenvalue weighted by molar-refractivity contribution is 0.183. The molecular weight excluding hydrogens is 344 g/mol. The molecule has 1 aliphatic rings. The molecule has 1 fully saturated rings. The second kappa shape index (κ2) is 7.00. The van der Waals surface area contributed by atoms with Gasteiger partial charge in [-0.3, -0.25) is 0 Å². The van der Waals surface area contributed by atoms with Gasteiger partial charge in [0.25, 0.3) is 0 Å². The Morgan fingerprint density at radius 3 is 2.77 bits per heavy atom. The standard InChI is InChI=1S/C20H26N4OS/c1-20(2,3)17-12-24-19(22-17)26-18(23-24)21-16(11-14-9-10-25-13-14)15-7-5-4-6-8-15/h4-8,12,14,16H,9-11,13H2,1-3H3,(H,21,23). The van der Waals surface area contributed by atoms with E-state index >= 15 is 0 Å². The Labute approximate surface area is 158 Å². The van der Waals surface area contributed by atoms with Crippen LogP contribution in [0.3, 0.4) is 0 Å². The van der Waals surface area contributed by atoms with E-state index in [0.717, 1.165) is 41.8 Å². The number of nitrogens with one attached hydrogen (secondary N) is 1. The van der Waals surface area contributed by atoms with E-state index in [9.17, 15) is 0 Å². The van der Waals surface area contributed by atoms with Crippen molar-refractivity contribution >= 4 is 21.4 Å². The van der Waals surface area contributed by atoms with E-state index in [1.165, 1.54) is 5.56 Å². The number of rotatable bonds is 5. The highest BCUT2D eigenvalue weighted by Crippen LogP contribution is 2.32. The molecule has 26 heavy (non-hydrogen) atoms. The summed E-state index contributed by atoms with van der Waals surface area (Å²) >= 11 is 1.61. The first-order valence-electron chi connectivity index (χ1n) is 9.25. The molecule has 4 rings (SSSR count). The predicted octanol–water partition coefficient (Wildman–Crippen LogP) is 4.67. The molecule has 1 aliphatic heterocycles. The molecule has 3 heterocycles. The molecule has 138 valence electrons. The topological polar surface area (TPSA) is 51.5 Å². The van der Waals surface area contributed by atoms with E-state index in [2.05, 4.69) is 56.4 Å². The van der Waals surface area contributed by atoms with Crippen LogP contribution in [0.5, 0.6) is 0 Å². The molecular formula is C20H26N4OS. The fourth-order valence-electron chi connectivity index (χ4n) is 3.34. The van der Waals surface area contributed by atoms with E-state index in [4.69, 9.17) is 14.8 Å². The van der Waals surface area contributed by atoms with Crippen LogP contribution in [0.15, 0.2) is 36.5 Å². The van der Waals surface area contributed by atoms with E-state index in [1.54, 1.807) is 11.3 Å². The van der Waals surface area contributed by atoms with E-state index in [1.807, 2.05) is 10.7 Å². The zero-order valence-corrected chi connectivity index (χ0v) is 16.4. The Morgan fingerprint density at radius 1 is 1.31 bits per heavy atom. The number of benzene rings is 1. The van der Waals surface area contributed by atoms with E-state index < -0.39 is 0 Å². The maximum absolute atomic E-state index is 5.57. The third-order valence-corrected chi connectivity index (χ3v) is 5.76. The summed E-state index contributed by atoms with van der Waals surface area (Å²) in [6.45, 7) is 8.27. The Hall–Kier alpha value is -1.92. The van der Waals surface area contributed by atoms with Crippen molar-refractivity contribution in [3.8, 4) is 0 Å². The van der Waals surface area contributed by atoms with Gasteiger partial charge in [-0.1, -0.05) is 62.4 Å². The van der Waals surface area contributed by atoms with Crippen molar-refractivity contribution in [1.29, 1.82) is 0 Å². The minimum Gasteiger partial charge on any atom is -0.381 e. The number of fused-ring (bicyclic) bond motifs is 1. The highest BCUT2D eigenvalue weighted by Gasteiger charge is 2.24. The van der Waals surface area contributed by atoms with Crippen LogP contribution in [-0.2, 0) is 10.2 Å². The predicted molar refractivity (Wildman–Crippen MR) is 106 cm³/mol. The lowest BCUT2D eigenvalue weighted by Gasteiger charge is -2.21. The Kier molecular flexibility index (Phi) is 4.71. The van der Waals surface area contributed by atoms with Crippen molar-refractivity contribution in [2.45, 2.75) is 45.1 Å². The molecule has 0 saturated carbocycles. The first-order chi connectivity index (χ1) is 12.5. The van der Waals surface area contributed by atoms with Gasteiger partial charge in [0.2, 0.25) is 10.1 Å². The summed E-state index contributed by atoms with van der Waals surface area (Å²) in [5, 5.41) is 9.28. The van der Waals surface area contributed by atoms with Gasteiger partial charge >= 0.3 is 0 Å². The molecule has 2 unspecified atom stereocenters.